The van der Waals surface area contributed by atoms with Crippen LogP contribution in [-0.2, 0) is 9.59 Å². The second kappa shape index (κ2) is 10.8. The molecule has 164 valence electrons. The highest BCUT2D eigenvalue weighted by atomic mass is 16.2. The van der Waals surface area contributed by atoms with E-state index in [9.17, 15) is 9.59 Å². The summed E-state index contributed by atoms with van der Waals surface area (Å²) in [6.07, 6.45) is 8.45. The van der Waals surface area contributed by atoms with Crippen LogP contribution in [0.5, 0.6) is 0 Å². The molecule has 5 heteroatoms. The number of anilines is 2. The molecular formula is C26H33N3O2. The molecule has 0 aromatic heterocycles. The Balaban J connectivity index is 1.53. The molecule has 0 saturated carbocycles. The van der Waals surface area contributed by atoms with Crippen LogP contribution in [0, 0.1) is 13.8 Å². The SMILES string of the molecule is Cc1cccc(C)c1NC(=O)CN(C)C(=O)C=Cc1ccc(N2CCCCCC2)cc1. The quantitative estimate of drug-likeness (QED) is 0.685. The van der Waals surface area contributed by atoms with E-state index in [1.54, 1.807) is 13.1 Å². The number of carbonyl (C=O) groups excluding carboxylic acids is 2. The van der Waals surface area contributed by atoms with E-state index < -0.39 is 0 Å². The van der Waals surface area contributed by atoms with Gasteiger partial charge in [0.15, 0.2) is 0 Å². The number of likely N-dealkylation sites (N-methyl/N-ethyl adjacent to an activating group) is 1. The Labute approximate surface area is 185 Å². The van der Waals surface area contributed by atoms with Crippen LogP contribution in [0.4, 0.5) is 11.4 Å². The molecule has 1 N–H and O–H groups in total. The summed E-state index contributed by atoms with van der Waals surface area (Å²) >= 11 is 0. The third kappa shape index (κ3) is 6.45. The largest absolute Gasteiger partial charge is 0.372 e. The highest BCUT2D eigenvalue weighted by Gasteiger charge is 2.13. The minimum Gasteiger partial charge on any atom is -0.372 e. The lowest BCUT2D eigenvalue weighted by Crippen LogP contribution is -2.34. The number of para-hydroxylation sites is 1. The monoisotopic (exact) mass is 419 g/mol. The van der Waals surface area contributed by atoms with Gasteiger partial charge >= 0.3 is 0 Å². The maximum atomic E-state index is 12.4. The van der Waals surface area contributed by atoms with Crippen molar-refractivity contribution in [3.63, 3.8) is 0 Å². The van der Waals surface area contributed by atoms with Gasteiger partial charge in [-0.15, -0.1) is 0 Å². The molecule has 3 rings (SSSR count). The Bertz CT molecular complexity index is 906. The Morgan fingerprint density at radius 3 is 2.19 bits per heavy atom. The van der Waals surface area contributed by atoms with Crippen molar-refractivity contribution >= 4 is 29.3 Å². The third-order valence-corrected chi connectivity index (χ3v) is 5.79. The van der Waals surface area contributed by atoms with Gasteiger partial charge in [0, 0.05) is 37.6 Å². The van der Waals surface area contributed by atoms with E-state index in [-0.39, 0.29) is 18.4 Å². The summed E-state index contributed by atoms with van der Waals surface area (Å²) < 4.78 is 0. The summed E-state index contributed by atoms with van der Waals surface area (Å²) in [6, 6.07) is 14.2. The van der Waals surface area contributed by atoms with Gasteiger partial charge in [-0.3, -0.25) is 9.59 Å². The zero-order chi connectivity index (χ0) is 22.2. The van der Waals surface area contributed by atoms with E-state index in [0.29, 0.717) is 0 Å². The average Bonchev–Trinajstić information content (AvgIpc) is 3.04. The summed E-state index contributed by atoms with van der Waals surface area (Å²) in [7, 11) is 1.64. The molecule has 31 heavy (non-hydrogen) atoms. The van der Waals surface area contributed by atoms with E-state index >= 15 is 0 Å². The van der Waals surface area contributed by atoms with Crippen LogP contribution in [-0.4, -0.2) is 43.4 Å². The number of hydrogen-bond donors (Lipinski definition) is 1. The lowest BCUT2D eigenvalue weighted by atomic mass is 10.1. The topological polar surface area (TPSA) is 52.7 Å². The molecule has 2 amide bonds. The molecule has 2 aromatic rings. The molecule has 2 aromatic carbocycles. The van der Waals surface area contributed by atoms with Gasteiger partial charge in [0.25, 0.3) is 0 Å². The molecule has 1 aliphatic heterocycles. The smallest absolute Gasteiger partial charge is 0.246 e. The Hall–Kier alpha value is -3.08. The maximum Gasteiger partial charge on any atom is 0.246 e. The first-order valence-electron chi connectivity index (χ1n) is 11.1. The number of aryl methyl sites for hydroxylation is 2. The van der Waals surface area contributed by atoms with Crippen molar-refractivity contribution in [3.8, 4) is 0 Å². The lowest BCUT2D eigenvalue weighted by Gasteiger charge is -2.22. The number of nitrogens with zero attached hydrogens (tertiary/aromatic N) is 2. The lowest BCUT2D eigenvalue weighted by molar-refractivity contribution is -0.129. The molecule has 0 aliphatic carbocycles. The summed E-state index contributed by atoms with van der Waals surface area (Å²) in [5.41, 5.74) is 5.04. The fraction of sp³-hybridized carbons (Fsp3) is 0.385. The summed E-state index contributed by atoms with van der Waals surface area (Å²) in [4.78, 5) is 28.7. The van der Waals surface area contributed by atoms with Crippen LogP contribution in [0.15, 0.2) is 48.5 Å². The van der Waals surface area contributed by atoms with Gasteiger partial charge in [0.1, 0.15) is 0 Å². The molecule has 0 radical (unpaired) electrons. The van der Waals surface area contributed by atoms with Crippen molar-refractivity contribution in [2.75, 3.05) is 36.9 Å². The minimum atomic E-state index is -0.205. The van der Waals surface area contributed by atoms with E-state index in [1.165, 1.54) is 42.3 Å². The van der Waals surface area contributed by atoms with Gasteiger partial charge in [-0.05, 0) is 61.6 Å². The Morgan fingerprint density at radius 1 is 0.968 bits per heavy atom. The van der Waals surface area contributed by atoms with E-state index in [1.807, 2.05) is 44.2 Å². The zero-order valence-corrected chi connectivity index (χ0v) is 18.9. The van der Waals surface area contributed by atoms with Gasteiger partial charge < -0.3 is 15.1 Å². The van der Waals surface area contributed by atoms with Gasteiger partial charge in [-0.1, -0.05) is 43.2 Å². The molecule has 1 aliphatic rings. The Morgan fingerprint density at radius 2 is 1.58 bits per heavy atom. The van der Waals surface area contributed by atoms with E-state index in [2.05, 4.69) is 22.3 Å². The van der Waals surface area contributed by atoms with Crippen LogP contribution < -0.4 is 10.2 Å². The van der Waals surface area contributed by atoms with Crippen molar-refractivity contribution in [2.24, 2.45) is 0 Å². The average molecular weight is 420 g/mol. The molecular weight excluding hydrogens is 386 g/mol. The normalized spacial score (nSPS) is 14.4. The van der Waals surface area contributed by atoms with Gasteiger partial charge in [0.05, 0.1) is 6.54 Å². The number of carbonyl (C=O) groups is 2. The Kier molecular flexibility index (Phi) is 7.88. The standard InChI is InChI=1S/C26H33N3O2/c1-20-9-8-10-21(2)26(20)27-24(30)19-28(3)25(31)16-13-22-11-14-23(15-12-22)29-17-6-4-5-7-18-29/h8-16H,4-7,17-19H2,1-3H3,(H,27,30). The van der Waals surface area contributed by atoms with Crippen LogP contribution >= 0.6 is 0 Å². The number of nitrogens with one attached hydrogen (secondary N) is 1. The van der Waals surface area contributed by atoms with Gasteiger partial charge in [0.2, 0.25) is 11.8 Å². The van der Waals surface area contributed by atoms with Crippen LogP contribution in [0.3, 0.4) is 0 Å². The predicted molar refractivity (Wildman–Crippen MR) is 128 cm³/mol. The summed E-state index contributed by atoms with van der Waals surface area (Å²) in [5, 5.41) is 2.92. The summed E-state index contributed by atoms with van der Waals surface area (Å²) in [6.45, 7) is 6.15. The molecule has 1 heterocycles. The van der Waals surface area contributed by atoms with Crippen molar-refractivity contribution in [1.29, 1.82) is 0 Å². The zero-order valence-electron chi connectivity index (χ0n) is 18.9. The van der Waals surface area contributed by atoms with Crippen molar-refractivity contribution in [2.45, 2.75) is 39.5 Å². The van der Waals surface area contributed by atoms with Crippen molar-refractivity contribution < 1.29 is 9.59 Å². The van der Waals surface area contributed by atoms with E-state index in [4.69, 9.17) is 0 Å². The molecule has 1 fully saturated rings. The second-order valence-electron chi connectivity index (χ2n) is 8.34. The fourth-order valence-corrected chi connectivity index (χ4v) is 3.90. The van der Waals surface area contributed by atoms with Gasteiger partial charge in [-0.25, -0.2) is 0 Å². The molecule has 0 unspecified atom stereocenters. The molecule has 0 bridgehead atoms. The number of hydrogen-bond acceptors (Lipinski definition) is 3. The first kappa shape index (κ1) is 22.6. The van der Waals surface area contributed by atoms with Crippen molar-refractivity contribution in [3.05, 3.63) is 65.2 Å². The van der Waals surface area contributed by atoms with Crippen LogP contribution in [0.2, 0.25) is 0 Å². The van der Waals surface area contributed by atoms with Crippen LogP contribution in [0.25, 0.3) is 6.08 Å². The third-order valence-electron chi connectivity index (χ3n) is 5.79. The first-order chi connectivity index (χ1) is 14.9. The predicted octanol–water partition coefficient (Wildman–Crippen LogP) is 4.79. The molecule has 1 saturated heterocycles. The molecule has 5 nitrogen and oxygen atoms in total. The number of rotatable bonds is 6. The van der Waals surface area contributed by atoms with E-state index in [0.717, 1.165) is 35.5 Å². The molecule has 0 spiro atoms. The number of benzene rings is 2. The minimum absolute atomic E-state index is 0.00481. The molecule has 0 atom stereocenters. The van der Waals surface area contributed by atoms with Crippen LogP contribution in [0.1, 0.15) is 42.4 Å². The highest BCUT2D eigenvalue weighted by molar-refractivity contribution is 5.98. The maximum absolute atomic E-state index is 12.4. The first-order valence-corrected chi connectivity index (χ1v) is 11.1. The highest BCUT2D eigenvalue weighted by Crippen LogP contribution is 2.21. The van der Waals surface area contributed by atoms with Crippen molar-refractivity contribution in [1.82, 2.24) is 4.90 Å². The number of amides is 2. The fourth-order valence-electron chi connectivity index (χ4n) is 3.90. The second-order valence-corrected chi connectivity index (χ2v) is 8.34. The summed E-state index contributed by atoms with van der Waals surface area (Å²) in [5.74, 6) is -0.406. The van der Waals surface area contributed by atoms with Gasteiger partial charge in [-0.2, -0.15) is 0 Å².